The highest BCUT2D eigenvalue weighted by atomic mass is 35.5. The second kappa shape index (κ2) is 5.14. The van der Waals surface area contributed by atoms with Crippen molar-refractivity contribution in [2.75, 3.05) is 13.1 Å². The van der Waals surface area contributed by atoms with Gasteiger partial charge in [0.2, 0.25) is 0 Å². The highest BCUT2D eigenvalue weighted by Crippen LogP contribution is 2.23. The molecule has 0 bridgehead atoms. The molecule has 6 heteroatoms. The first kappa shape index (κ1) is 12.0. The molecule has 15 heavy (non-hydrogen) atoms. The summed E-state index contributed by atoms with van der Waals surface area (Å²) in [4.78, 5) is 11.1. The van der Waals surface area contributed by atoms with Gasteiger partial charge in [-0.2, -0.15) is 5.10 Å². The van der Waals surface area contributed by atoms with E-state index in [1.807, 2.05) is 0 Å². The SMILES string of the molecule is Cl.NC(=O)c1cn[nH]c1C1CCCNC1. The van der Waals surface area contributed by atoms with Gasteiger partial charge in [-0.15, -0.1) is 12.4 Å². The molecule has 0 aliphatic carbocycles. The number of piperidine rings is 1. The zero-order chi connectivity index (χ0) is 9.97. The number of rotatable bonds is 2. The molecule has 1 aliphatic rings. The maximum atomic E-state index is 11.1. The third-order valence-corrected chi connectivity index (χ3v) is 2.64. The minimum absolute atomic E-state index is 0. The normalized spacial score (nSPS) is 20.7. The first-order chi connectivity index (χ1) is 6.79. The van der Waals surface area contributed by atoms with Crippen molar-refractivity contribution in [2.45, 2.75) is 18.8 Å². The van der Waals surface area contributed by atoms with Crippen LogP contribution in [0.3, 0.4) is 0 Å². The Balaban J connectivity index is 0.00000112. The van der Waals surface area contributed by atoms with E-state index in [0.29, 0.717) is 11.5 Å². The molecule has 5 nitrogen and oxygen atoms in total. The number of carbonyl (C=O) groups excluding carboxylic acids is 1. The first-order valence-electron chi connectivity index (χ1n) is 4.83. The van der Waals surface area contributed by atoms with Crippen molar-refractivity contribution in [3.05, 3.63) is 17.5 Å². The van der Waals surface area contributed by atoms with Crippen molar-refractivity contribution in [3.63, 3.8) is 0 Å². The molecular formula is C9H15ClN4O. The first-order valence-corrected chi connectivity index (χ1v) is 4.83. The third-order valence-electron chi connectivity index (χ3n) is 2.64. The van der Waals surface area contributed by atoms with Gasteiger partial charge in [-0.1, -0.05) is 0 Å². The van der Waals surface area contributed by atoms with Crippen molar-refractivity contribution in [1.29, 1.82) is 0 Å². The average Bonchev–Trinajstić information content (AvgIpc) is 2.67. The van der Waals surface area contributed by atoms with Crippen LogP contribution in [0.2, 0.25) is 0 Å². The monoisotopic (exact) mass is 230 g/mol. The van der Waals surface area contributed by atoms with Crippen LogP contribution < -0.4 is 11.1 Å². The van der Waals surface area contributed by atoms with Crippen molar-refractivity contribution in [3.8, 4) is 0 Å². The highest BCUT2D eigenvalue weighted by molar-refractivity contribution is 5.93. The Bertz CT molecular complexity index is 333. The molecule has 1 amide bonds. The van der Waals surface area contributed by atoms with Gasteiger partial charge in [0, 0.05) is 12.5 Å². The van der Waals surface area contributed by atoms with E-state index in [-0.39, 0.29) is 12.4 Å². The molecule has 0 radical (unpaired) electrons. The van der Waals surface area contributed by atoms with E-state index in [0.717, 1.165) is 31.6 Å². The summed E-state index contributed by atoms with van der Waals surface area (Å²) in [5.74, 6) is -0.0620. The van der Waals surface area contributed by atoms with Gasteiger partial charge in [0.1, 0.15) is 0 Å². The molecule has 4 N–H and O–H groups in total. The number of aromatic amines is 1. The van der Waals surface area contributed by atoms with Crippen LogP contribution in [0.15, 0.2) is 6.20 Å². The Labute approximate surface area is 94.2 Å². The van der Waals surface area contributed by atoms with Gasteiger partial charge < -0.3 is 11.1 Å². The van der Waals surface area contributed by atoms with E-state index in [1.54, 1.807) is 0 Å². The second-order valence-electron chi connectivity index (χ2n) is 3.60. The Morgan fingerprint density at radius 3 is 3.00 bits per heavy atom. The van der Waals surface area contributed by atoms with Crippen LogP contribution in [-0.2, 0) is 0 Å². The maximum absolute atomic E-state index is 11.1. The molecule has 1 aliphatic heterocycles. The zero-order valence-electron chi connectivity index (χ0n) is 8.32. The molecule has 1 aromatic rings. The number of amides is 1. The van der Waals surface area contributed by atoms with Crippen LogP contribution in [0, 0.1) is 0 Å². The zero-order valence-corrected chi connectivity index (χ0v) is 9.14. The fraction of sp³-hybridized carbons (Fsp3) is 0.556. The molecule has 1 fully saturated rings. The molecule has 2 rings (SSSR count). The second-order valence-corrected chi connectivity index (χ2v) is 3.60. The van der Waals surface area contributed by atoms with Gasteiger partial charge in [0.05, 0.1) is 17.5 Å². The highest BCUT2D eigenvalue weighted by Gasteiger charge is 2.21. The van der Waals surface area contributed by atoms with E-state index >= 15 is 0 Å². The number of aromatic nitrogens is 2. The quantitative estimate of drug-likeness (QED) is 0.688. The van der Waals surface area contributed by atoms with Gasteiger partial charge >= 0.3 is 0 Å². The summed E-state index contributed by atoms with van der Waals surface area (Å²) in [6.07, 6.45) is 3.71. The van der Waals surface area contributed by atoms with Gasteiger partial charge in [-0.25, -0.2) is 0 Å². The summed E-state index contributed by atoms with van der Waals surface area (Å²) in [6.45, 7) is 1.94. The molecule has 1 unspecified atom stereocenters. The molecule has 84 valence electrons. The molecule has 1 aromatic heterocycles. The fourth-order valence-corrected chi connectivity index (χ4v) is 1.90. The molecule has 2 heterocycles. The number of nitrogens with one attached hydrogen (secondary N) is 2. The Hall–Kier alpha value is -1.07. The van der Waals surface area contributed by atoms with Crippen molar-refractivity contribution in [2.24, 2.45) is 5.73 Å². The third kappa shape index (κ3) is 2.49. The van der Waals surface area contributed by atoms with Crippen molar-refractivity contribution >= 4 is 18.3 Å². The lowest BCUT2D eigenvalue weighted by Gasteiger charge is -2.22. The lowest BCUT2D eigenvalue weighted by Crippen LogP contribution is -2.29. The van der Waals surface area contributed by atoms with Crippen molar-refractivity contribution in [1.82, 2.24) is 15.5 Å². The van der Waals surface area contributed by atoms with Crippen LogP contribution >= 0.6 is 12.4 Å². The summed E-state index contributed by atoms with van der Waals surface area (Å²) in [7, 11) is 0. The number of halogens is 1. The Kier molecular flexibility index (Phi) is 4.11. The number of hydrogen-bond acceptors (Lipinski definition) is 3. The Morgan fingerprint density at radius 1 is 1.60 bits per heavy atom. The smallest absolute Gasteiger partial charge is 0.252 e. The molecule has 0 spiro atoms. The van der Waals surface area contributed by atoms with E-state index < -0.39 is 5.91 Å². The maximum Gasteiger partial charge on any atom is 0.252 e. The largest absolute Gasteiger partial charge is 0.365 e. The summed E-state index contributed by atoms with van der Waals surface area (Å²) < 4.78 is 0. The summed E-state index contributed by atoms with van der Waals surface area (Å²) in [5.41, 5.74) is 6.65. The van der Waals surface area contributed by atoms with Crippen molar-refractivity contribution < 1.29 is 4.79 Å². The number of nitrogens with two attached hydrogens (primary N) is 1. The van der Waals surface area contributed by atoms with Gasteiger partial charge in [-0.3, -0.25) is 9.89 Å². The number of hydrogen-bond donors (Lipinski definition) is 3. The molecular weight excluding hydrogens is 216 g/mol. The molecule has 1 saturated heterocycles. The molecule has 1 atom stereocenters. The average molecular weight is 231 g/mol. The van der Waals surface area contributed by atoms with Gasteiger partial charge in [0.15, 0.2) is 0 Å². The number of nitrogens with zero attached hydrogens (tertiary/aromatic N) is 1. The van der Waals surface area contributed by atoms with Crippen LogP contribution in [0.4, 0.5) is 0 Å². The minimum Gasteiger partial charge on any atom is -0.365 e. The predicted octanol–water partition coefficient (Wildman–Crippen LogP) is 0.397. The molecule has 0 aromatic carbocycles. The summed E-state index contributed by atoms with van der Waals surface area (Å²) >= 11 is 0. The summed E-state index contributed by atoms with van der Waals surface area (Å²) in [6, 6.07) is 0. The van der Waals surface area contributed by atoms with E-state index in [4.69, 9.17) is 5.73 Å². The number of H-pyrrole nitrogens is 1. The van der Waals surface area contributed by atoms with Gasteiger partial charge in [0.25, 0.3) is 5.91 Å². The predicted molar refractivity (Wildman–Crippen MR) is 59.2 cm³/mol. The van der Waals surface area contributed by atoms with Crippen LogP contribution in [0.1, 0.15) is 34.8 Å². The van der Waals surface area contributed by atoms with E-state index in [9.17, 15) is 4.79 Å². The Morgan fingerprint density at radius 2 is 2.40 bits per heavy atom. The minimum atomic E-state index is -0.403. The van der Waals surface area contributed by atoms with Gasteiger partial charge in [-0.05, 0) is 19.4 Å². The topological polar surface area (TPSA) is 83.8 Å². The standard InChI is InChI=1S/C9H14N4O.ClH/c10-9(14)7-5-12-13-8(7)6-2-1-3-11-4-6;/h5-6,11H,1-4H2,(H2,10,14)(H,12,13);1H. The number of carbonyl (C=O) groups is 1. The van der Waals surface area contributed by atoms with Crippen LogP contribution in [-0.4, -0.2) is 29.2 Å². The van der Waals surface area contributed by atoms with Crippen LogP contribution in [0.25, 0.3) is 0 Å². The number of primary amides is 1. The van der Waals surface area contributed by atoms with E-state index in [2.05, 4.69) is 15.5 Å². The lowest BCUT2D eigenvalue weighted by molar-refractivity contribution is 0.0999. The molecule has 0 saturated carbocycles. The fourth-order valence-electron chi connectivity index (χ4n) is 1.90. The van der Waals surface area contributed by atoms with E-state index in [1.165, 1.54) is 6.20 Å². The lowest BCUT2D eigenvalue weighted by atomic mass is 9.94. The summed E-state index contributed by atoms with van der Waals surface area (Å²) in [5, 5.41) is 10.0. The van der Waals surface area contributed by atoms with Crippen LogP contribution in [0.5, 0.6) is 0 Å².